The number of thiophene rings is 1. The van der Waals surface area contributed by atoms with E-state index >= 15 is 0 Å². The van der Waals surface area contributed by atoms with Crippen LogP contribution in [0.1, 0.15) is 29.1 Å². The van der Waals surface area contributed by atoms with E-state index in [1.54, 1.807) is 11.3 Å². The summed E-state index contributed by atoms with van der Waals surface area (Å²) in [6, 6.07) is 0. The van der Waals surface area contributed by atoms with Crippen molar-refractivity contribution in [1.82, 2.24) is 20.2 Å². The van der Waals surface area contributed by atoms with Crippen LogP contribution in [0.3, 0.4) is 0 Å². The van der Waals surface area contributed by atoms with E-state index in [1.807, 2.05) is 0 Å². The molecule has 1 amide bonds. The second-order valence-corrected chi connectivity index (χ2v) is 8.19. The SMILES string of the molecule is C#CCNC(=O)CNc1nc(CN2CCOCC2)nc2sc3c(c12)CCCC3. The number of morpholine rings is 1. The lowest BCUT2D eigenvalue weighted by Gasteiger charge is -2.25. The van der Waals surface area contributed by atoms with Crippen molar-refractivity contribution >= 4 is 33.3 Å². The quantitative estimate of drug-likeness (QED) is 0.718. The van der Waals surface area contributed by atoms with Crippen molar-refractivity contribution in [2.45, 2.75) is 32.2 Å². The fraction of sp³-hybridized carbons (Fsp3) is 0.550. The highest BCUT2D eigenvalue weighted by Crippen LogP contribution is 2.38. The fourth-order valence-electron chi connectivity index (χ4n) is 3.74. The Morgan fingerprint density at radius 3 is 2.89 bits per heavy atom. The standard InChI is InChI=1S/C20H25N5O2S/c1-2-7-21-17(26)12-22-19-18-14-5-3-4-6-15(14)28-20(18)24-16(23-19)13-25-8-10-27-11-9-25/h1H,3-13H2,(H,21,26)(H,22,23,24). The number of amides is 1. The van der Waals surface area contributed by atoms with Crippen molar-refractivity contribution < 1.29 is 9.53 Å². The van der Waals surface area contributed by atoms with E-state index in [4.69, 9.17) is 21.1 Å². The van der Waals surface area contributed by atoms with Crippen LogP contribution in [0.4, 0.5) is 5.82 Å². The number of hydrogen-bond acceptors (Lipinski definition) is 7. The van der Waals surface area contributed by atoms with Crippen LogP contribution in [-0.4, -0.2) is 60.2 Å². The zero-order valence-corrected chi connectivity index (χ0v) is 16.7. The maximum Gasteiger partial charge on any atom is 0.240 e. The number of carbonyl (C=O) groups is 1. The lowest BCUT2D eigenvalue weighted by Crippen LogP contribution is -2.36. The monoisotopic (exact) mass is 399 g/mol. The summed E-state index contributed by atoms with van der Waals surface area (Å²) in [7, 11) is 0. The molecule has 8 heteroatoms. The predicted molar refractivity (Wildman–Crippen MR) is 110 cm³/mol. The van der Waals surface area contributed by atoms with Gasteiger partial charge in [0.05, 0.1) is 38.2 Å². The van der Waals surface area contributed by atoms with Gasteiger partial charge in [0, 0.05) is 18.0 Å². The number of nitrogens with zero attached hydrogens (tertiary/aromatic N) is 3. The van der Waals surface area contributed by atoms with Gasteiger partial charge in [-0.25, -0.2) is 9.97 Å². The van der Waals surface area contributed by atoms with Gasteiger partial charge in [0.15, 0.2) is 0 Å². The average Bonchev–Trinajstić information content (AvgIpc) is 3.09. The smallest absolute Gasteiger partial charge is 0.240 e. The van der Waals surface area contributed by atoms with Crippen LogP contribution >= 0.6 is 11.3 Å². The number of hydrogen-bond donors (Lipinski definition) is 2. The molecule has 0 aromatic carbocycles. The first-order valence-corrected chi connectivity index (χ1v) is 10.6. The van der Waals surface area contributed by atoms with Crippen molar-refractivity contribution in [3.05, 3.63) is 16.3 Å². The molecule has 2 aromatic heterocycles. The van der Waals surface area contributed by atoms with Gasteiger partial charge in [0.25, 0.3) is 0 Å². The van der Waals surface area contributed by atoms with Gasteiger partial charge in [0.2, 0.25) is 5.91 Å². The molecule has 148 valence electrons. The molecule has 4 rings (SSSR count). The Kier molecular flexibility index (Phi) is 6.05. The normalized spacial score (nSPS) is 17.1. The lowest BCUT2D eigenvalue weighted by atomic mass is 9.97. The van der Waals surface area contributed by atoms with E-state index in [1.165, 1.54) is 23.3 Å². The largest absolute Gasteiger partial charge is 0.379 e. The van der Waals surface area contributed by atoms with Crippen LogP contribution < -0.4 is 10.6 Å². The molecule has 3 heterocycles. The van der Waals surface area contributed by atoms with Crippen LogP contribution in [-0.2, 0) is 28.9 Å². The Hall–Kier alpha value is -2.21. The van der Waals surface area contributed by atoms with Crippen LogP contribution in [0.2, 0.25) is 0 Å². The predicted octanol–water partition coefficient (Wildman–Crippen LogP) is 1.56. The number of aryl methyl sites for hydroxylation is 2. The molecule has 1 aliphatic heterocycles. The van der Waals surface area contributed by atoms with Gasteiger partial charge in [-0.3, -0.25) is 9.69 Å². The van der Waals surface area contributed by atoms with Gasteiger partial charge in [0.1, 0.15) is 16.5 Å². The van der Waals surface area contributed by atoms with Crippen molar-refractivity contribution in [2.24, 2.45) is 0 Å². The highest BCUT2D eigenvalue weighted by molar-refractivity contribution is 7.19. The van der Waals surface area contributed by atoms with Crippen molar-refractivity contribution in [1.29, 1.82) is 0 Å². The first-order valence-electron chi connectivity index (χ1n) is 9.80. The number of aromatic nitrogens is 2. The van der Waals surface area contributed by atoms with Gasteiger partial charge in [-0.05, 0) is 31.2 Å². The number of ether oxygens (including phenoxy) is 1. The Bertz CT molecular complexity index is 898. The lowest BCUT2D eigenvalue weighted by molar-refractivity contribution is -0.119. The summed E-state index contributed by atoms with van der Waals surface area (Å²) >= 11 is 1.78. The molecule has 1 saturated heterocycles. The summed E-state index contributed by atoms with van der Waals surface area (Å²) in [6.45, 7) is 4.34. The molecule has 0 radical (unpaired) electrons. The second-order valence-electron chi connectivity index (χ2n) is 7.10. The summed E-state index contributed by atoms with van der Waals surface area (Å²) in [5, 5.41) is 7.02. The third kappa shape index (κ3) is 4.27. The molecule has 1 aliphatic carbocycles. The maximum absolute atomic E-state index is 12.0. The number of fused-ring (bicyclic) bond motifs is 3. The van der Waals surface area contributed by atoms with E-state index in [0.29, 0.717) is 6.54 Å². The number of carbonyl (C=O) groups excluding carboxylic acids is 1. The van der Waals surface area contributed by atoms with Crippen LogP contribution in [0.25, 0.3) is 10.2 Å². The molecular formula is C20H25N5O2S. The molecule has 0 saturated carbocycles. The Morgan fingerprint density at radius 1 is 1.25 bits per heavy atom. The second kappa shape index (κ2) is 8.86. The van der Waals surface area contributed by atoms with Gasteiger partial charge < -0.3 is 15.4 Å². The van der Waals surface area contributed by atoms with E-state index in [-0.39, 0.29) is 19.0 Å². The minimum Gasteiger partial charge on any atom is -0.379 e. The van der Waals surface area contributed by atoms with E-state index in [0.717, 1.165) is 61.0 Å². The van der Waals surface area contributed by atoms with E-state index < -0.39 is 0 Å². The van der Waals surface area contributed by atoms with Crippen molar-refractivity contribution in [3.8, 4) is 12.3 Å². The van der Waals surface area contributed by atoms with Crippen molar-refractivity contribution in [2.75, 3.05) is 44.7 Å². The Labute approximate surface area is 168 Å². The van der Waals surface area contributed by atoms with E-state index in [9.17, 15) is 4.79 Å². The molecule has 0 spiro atoms. The summed E-state index contributed by atoms with van der Waals surface area (Å²) in [4.78, 5) is 26.4. The third-order valence-electron chi connectivity index (χ3n) is 5.13. The van der Waals surface area contributed by atoms with E-state index in [2.05, 4.69) is 21.5 Å². The molecule has 7 nitrogen and oxygen atoms in total. The summed E-state index contributed by atoms with van der Waals surface area (Å²) in [6.07, 6.45) is 9.79. The molecule has 28 heavy (non-hydrogen) atoms. The Balaban J connectivity index is 1.62. The molecule has 1 fully saturated rings. The molecular weight excluding hydrogens is 374 g/mol. The molecule has 2 aliphatic rings. The van der Waals surface area contributed by atoms with Gasteiger partial charge in [-0.2, -0.15) is 0 Å². The first kappa shape index (κ1) is 19.1. The van der Waals surface area contributed by atoms with Gasteiger partial charge in [-0.1, -0.05) is 5.92 Å². The maximum atomic E-state index is 12.0. The highest BCUT2D eigenvalue weighted by atomic mass is 32.1. The highest BCUT2D eigenvalue weighted by Gasteiger charge is 2.22. The minimum absolute atomic E-state index is 0.136. The van der Waals surface area contributed by atoms with Gasteiger partial charge >= 0.3 is 0 Å². The topological polar surface area (TPSA) is 79.4 Å². The molecule has 2 N–H and O–H groups in total. The number of terminal acetylenes is 1. The number of anilines is 1. The van der Waals surface area contributed by atoms with Crippen LogP contribution in [0, 0.1) is 12.3 Å². The third-order valence-corrected chi connectivity index (χ3v) is 6.32. The molecule has 0 bridgehead atoms. The summed E-state index contributed by atoms with van der Waals surface area (Å²) < 4.78 is 5.43. The molecule has 2 aromatic rings. The van der Waals surface area contributed by atoms with Gasteiger partial charge in [-0.15, -0.1) is 17.8 Å². The minimum atomic E-state index is -0.136. The molecule has 0 unspecified atom stereocenters. The number of nitrogens with one attached hydrogen (secondary N) is 2. The first-order chi connectivity index (χ1) is 13.7. The number of rotatable bonds is 6. The Morgan fingerprint density at radius 2 is 2.07 bits per heavy atom. The summed E-state index contributed by atoms with van der Waals surface area (Å²) in [5.41, 5.74) is 1.36. The average molecular weight is 400 g/mol. The fourth-order valence-corrected chi connectivity index (χ4v) is 5.02. The zero-order valence-electron chi connectivity index (χ0n) is 15.9. The molecule has 0 atom stereocenters. The van der Waals surface area contributed by atoms with Crippen LogP contribution in [0.15, 0.2) is 0 Å². The zero-order chi connectivity index (χ0) is 19.3. The van der Waals surface area contributed by atoms with Crippen molar-refractivity contribution in [3.63, 3.8) is 0 Å². The summed E-state index contributed by atoms with van der Waals surface area (Å²) in [5.74, 6) is 3.84. The van der Waals surface area contributed by atoms with Crippen LogP contribution in [0.5, 0.6) is 0 Å².